The summed E-state index contributed by atoms with van der Waals surface area (Å²) in [6.45, 7) is 6.56. The van der Waals surface area contributed by atoms with Crippen LogP contribution in [0.1, 0.15) is 37.5 Å². The van der Waals surface area contributed by atoms with E-state index in [1.807, 2.05) is 30.3 Å². The van der Waals surface area contributed by atoms with Gasteiger partial charge in [0.25, 0.3) is 0 Å². The van der Waals surface area contributed by atoms with Crippen molar-refractivity contribution in [3.05, 3.63) is 94.0 Å². The highest BCUT2D eigenvalue weighted by Crippen LogP contribution is 2.33. The van der Waals surface area contributed by atoms with Gasteiger partial charge in [-0.15, -0.1) is 0 Å². The number of pyridine rings is 1. The average molecular weight is 409 g/mol. The number of rotatable bonds is 2. The standard InChI is InChI=1S/C27H23NO3/c1-27(2,3)18-9-10-19-17(14-18)8-11-23(29)21(19)12-16-13-22-25(28-15-16)20-6-4-5-7-24(20)31-26(22)30/h4-11,13-15,29H,12H2,1-3H3. The van der Waals surface area contributed by atoms with Crippen LogP contribution in [0.5, 0.6) is 5.75 Å². The van der Waals surface area contributed by atoms with Crippen LogP contribution in [-0.2, 0) is 11.8 Å². The molecule has 0 radical (unpaired) electrons. The number of aromatic nitrogens is 1. The van der Waals surface area contributed by atoms with Crippen LogP contribution in [0.25, 0.3) is 32.6 Å². The molecule has 31 heavy (non-hydrogen) atoms. The number of phenolic OH excluding ortho intramolecular Hbond substituents is 1. The van der Waals surface area contributed by atoms with Gasteiger partial charge >= 0.3 is 5.63 Å². The molecule has 2 aromatic heterocycles. The summed E-state index contributed by atoms with van der Waals surface area (Å²) in [7, 11) is 0. The van der Waals surface area contributed by atoms with Crippen LogP contribution in [0, 0.1) is 0 Å². The molecule has 0 saturated heterocycles. The molecule has 0 aliphatic heterocycles. The molecule has 0 aliphatic rings. The summed E-state index contributed by atoms with van der Waals surface area (Å²) >= 11 is 0. The Balaban J connectivity index is 1.64. The van der Waals surface area contributed by atoms with Crippen molar-refractivity contribution in [2.24, 2.45) is 0 Å². The van der Waals surface area contributed by atoms with Crippen molar-refractivity contribution in [3.8, 4) is 5.75 Å². The number of phenols is 1. The quantitative estimate of drug-likeness (QED) is 0.283. The summed E-state index contributed by atoms with van der Waals surface area (Å²) in [5.41, 5.74) is 3.72. The van der Waals surface area contributed by atoms with E-state index in [-0.39, 0.29) is 11.2 Å². The van der Waals surface area contributed by atoms with E-state index >= 15 is 0 Å². The normalized spacial score (nSPS) is 12.1. The first-order chi connectivity index (χ1) is 14.8. The van der Waals surface area contributed by atoms with E-state index in [2.05, 4.69) is 44.0 Å². The second-order valence-electron chi connectivity index (χ2n) is 9.05. The molecule has 5 rings (SSSR count). The van der Waals surface area contributed by atoms with E-state index in [1.54, 1.807) is 18.3 Å². The van der Waals surface area contributed by atoms with Gasteiger partial charge in [-0.05, 0) is 51.6 Å². The molecule has 2 heterocycles. The average Bonchev–Trinajstić information content (AvgIpc) is 2.75. The predicted octanol–water partition coefficient (Wildman–Crippen LogP) is 6.09. The van der Waals surface area contributed by atoms with Crippen molar-refractivity contribution in [3.63, 3.8) is 0 Å². The molecule has 0 amide bonds. The topological polar surface area (TPSA) is 63.3 Å². The minimum absolute atomic E-state index is 0.0469. The first-order valence-electron chi connectivity index (χ1n) is 10.4. The van der Waals surface area contributed by atoms with Gasteiger partial charge in [-0.25, -0.2) is 4.79 Å². The zero-order valence-corrected chi connectivity index (χ0v) is 17.8. The second kappa shape index (κ2) is 6.95. The van der Waals surface area contributed by atoms with Gasteiger partial charge in [-0.1, -0.05) is 57.2 Å². The van der Waals surface area contributed by atoms with Crippen LogP contribution in [0.4, 0.5) is 0 Å². The third-order valence-electron chi connectivity index (χ3n) is 5.86. The van der Waals surface area contributed by atoms with Gasteiger partial charge in [0.1, 0.15) is 11.3 Å². The van der Waals surface area contributed by atoms with E-state index in [0.29, 0.717) is 22.9 Å². The SMILES string of the molecule is CC(C)(C)c1ccc2c(Cc3cnc4c(c3)c(=O)oc3ccccc34)c(O)ccc2c1. The summed E-state index contributed by atoms with van der Waals surface area (Å²) < 4.78 is 5.47. The number of hydrogen-bond donors (Lipinski definition) is 1. The first kappa shape index (κ1) is 19.3. The van der Waals surface area contributed by atoms with Gasteiger partial charge in [0.05, 0.1) is 10.9 Å². The molecule has 3 aromatic carbocycles. The predicted molar refractivity (Wildman–Crippen MR) is 125 cm³/mol. The van der Waals surface area contributed by atoms with Crippen molar-refractivity contribution in [2.75, 3.05) is 0 Å². The highest BCUT2D eigenvalue weighted by molar-refractivity contribution is 6.01. The molecular weight excluding hydrogens is 386 g/mol. The fourth-order valence-electron chi connectivity index (χ4n) is 4.12. The Morgan fingerprint density at radius 3 is 2.55 bits per heavy atom. The third-order valence-corrected chi connectivity index (χ3v) is 5.86. The van der Waals surface area contributed by atoms with Gasteiger partial charge in [-0.3, -0.25) is 4.98 Å². The number of hydrogen-bond acceptors (Lipinski definition) is 4. The van der Waals surface area contributed by atoms with Crippen molar-refractivity contribution in [1.82, 2.24) is 4.98 Å². The molecule has 0 spiro atoms. The Kier molecular flexibility index (Phi) is 4.33. The molecule has 5 aromatic rings. The molecule has 4 nitrogen and oxygen atoms in total. The smallest absolute Gasteiger partial charge is 0.345 e. The van der Waals surface area contributed by atoms with Crippen molar-refractivity contribution in [2.45, 2.75) is 32.6 Å². The molecule has 0 unspecified atom stereocenters. The number of benzene rings is 3. The van der Waals surface area contributed by atoms with Gasteiger partial charge in [0.2, 0.25) is 0 Å². The lowest BCUT2D eigenvalue weighted by molar-refractivity contribution is 0.470. The maximum atomic E-state index is 12.6. The minimum atomic E-state index is -0.403. The monoisotopic (exact) mass is 409 g/mol. The van der Waals surface area contributed by atoms with Gasteiger partial charge in [0, 0.05) is 23.6 Å². The molecule has 4 heteroatoms. The largest absolute Gasteiger partial charge is 0.508 e. The zero-order valence-electron chi connectivity index (χ0n) is 17.8. The molecule has 0 fully saturated rings. The summed E-state index contributed by atoms with van der Waals surface area (Å²) in [5.74, 6) is 0.238. The third kappa shape index (κ3) is 3.34. The molecule has 0 aliphatic carbocycles. The number of aromatic hydroxyl groups is 1. The Hall–Kier alpha value is -3.66. The van der Waals surface area contributed by atoms with Crippen molar-refractivity contribution >= 4 is 32.6 Å². The highest BCUT2D eigenvalue weighted by atomic mass is 16.4. The summed E-state index contributed by atoms with van der Waals surface area (Å²) in [6.07, 6.45) is 2.24. The lowest BCUT2D eigenvalue weighted by Crippen LogP contribution is -2.10. The van der Waals surface area contributed by atoms with E-state index < -0.39 is 5.63 Å². The van der Waals surface area contributed by atoms with Crippen molar-refractivity contribution in [1.29, 1.82) is 0 Å². The van der Waals surface area contributed by atoms with Crippen LogP contribution in [-0.4, -0.2) is 10.1 Å². The lowest BCUT2D eigenvalue weighted by Gasteiger charge is -2.20. The van der Waals surface area contributed by atoms with E-state index in [4.69, 9.17) is 4.42 Å². The highest BCUT2D eigenvalue weighted by Gasteiger charge is 2.16. The van der Waals surface area contributed by atoms with Gasteiger partial charge in [0.15, 0.2) is 0 Å². The van der Waals surface area contributed by atoms with Crippen molar-refractivity contribution < 1.29 is 9.52 Å². The second-order valence-corrected chi connectivity index (χ2v) is 9.05. The fraction of sp³-hybridized carbons (Fsp3) is 0.185. The number of fused-ring (bicyclic) bond motifs is 4. The summed E-state index contributed by atoms with van der Waals surface area (Å²) in [4.78, 5) is 17.1. The van der Waals surface area contributed by atoms with Gasteiger partial charge in [-0.2, -0.15) is 0 Å². The Bertz CT molecular complexity index is 1520. The Labute approximate surface area is 179 Å². The van der Waals surface area contributed by atoms with E-state index in [9.17, 15) is 9.90 Å². The fourth-order valence-corrected chi connectivity index (χ4v) is 4.12. The maximum absolute atomic E-state index is 12.6. The Morgan fingerprint density at radius 1 is 0.935 bits per heavy atom. The van der Waals surface area contributed by atoms with Crippen LogP contribution >= 0.6 is 0 Å². The minimum Gasteiger partial charge on any atom is -0.508 e. The van der Waals surface area contributed by atoms with Crippen LogP contribution in [0.2, 0.25) is 0 Å². The number of para-hydroxylation sites is 1. The van der Waals surface area contributed by atoms with Gasteiger partial charge < -0.3 is 9.52 Å². The number of nitrogens with zero attached hydrogens (tertiary/aromatic N) is 1. The summed E-state index contributed by atoms with van der Waals surface area (Å²) in [6, 6.07) is 19.3. The Morgan fingerprint density at radius 2 is 1.74 bits per heavy atom. The molecule has 0 bridgehead atoms. The summed E-state index contributed by atoms with van der Waals surface area (Å²) in [5, 5.41) is 14.0. The van der Waals surface area contributed by atoms with Crippen LogP contribution in [0.15, 0.2) is 76.1 Å². The molecule has 154 valence electrons. The molecule has 0 atom stereocenters. The van der Waals surface area contributed by atoms with E-state index in [1.165, 1.54) is 5.56 Å². The zero-order chi connectivity index (χ0) is 21.8. The van der Waals surface area contributed by atoms with E-state index in [0.717, 1.165) is 27.3 Å². The first-order valence-corrected chi connectivity index (χ1v) is 10.4. The molecular formula is C27H23NO3. The lowest BCUT2D eigenvalue weighted by atomic mass is 9.85. The van der Waals surface area contributed by atoms with Crippen LogP contribution in [0.3, 0.4) is 0 Å². The molecule has 0 saturated carbocycles. The maximum Gasteiger partial charge on any atom is 0.345 e. The molecule has 1 N–H and O–H groups in total. The van der Waals surface area contributed by atoms with Crippen LogP contribution < -0.4 is 5.63 Å².